The second-order valence-electron chi connectivity index (χ2n) is 9.91. The van der Waals surface area contributed by atoms with Crippen molar-refractivity contribution in [3.63, 3.8) is 0 Å². The Hall–Kier alpha value is -4.25. The molecule has 0 radical (unpaired) electrons. The molecule has 2 atom stereocenters. The molecule has 1 saturated heterocycles. The number of para-hydroxylation sites is 1. The Labute approximate surface area is 209 Å². The highest BCUT2D eigenvalue weighted by Crippen LogP contribution is 2.60. The molecule has 4 aromatic rings. The molecule has 5 nitrogen and oxygen atoms in total. The summed E-state index contributed by atoms with van der Waals surface area (Å²) in [6.45, 7) is 6.59. The third kappa shape index (κ3) is 2.63. The van der Waals surface area contributed by atoms with E-state index in [1.54, 1.807) is 6.21 Å². The predicted molar refractivity (Wildman–Crippen MR) is 140 cm³/mol. The van der Waals surface area contributed by atoms with Crippen LogP contribution < -0.4 is 0 Å². The molecule has 176 valence electrons. The normalized spacial score (nSPS) is 23.9. The van der Waals surface area contributed by atoms with Gasteiger partial charge in [0, 0.05) is 40.5 Å². The summed E-state index contributed by atoms with van der Waals surface area (Å²) in [4.78, 5) is 27.6. The van der Waals surface area contributed by atoms with Crippen molar-refractivity contribution < 1.29 is 9.59 Å². The standard InChI is InChI=1S/C31H25N3O2/c1-3-16-33-18(2)24(19-10-8-9-15-25(19)33)17-32-34-30(35)28-26-20-11-4-5-12-21(20)27(29(28)31(34)36)23-14-7-6-13-22(23)26/h3-15,17,26-29H,1,16H2,2H3/b32-17-/t26?,27?,28-,29-/m1/s1. The molecule has 0 spiro atoms. The van der Waals surface area contributed by atoms with Crippen LogP contribution in [-0.4, -0.2) is 27.6 Å². The Kier molecular flexibility index (Phi) is 4.46. The molecule has 36 heavy (non-hydrogen) atoms. The number of fused-ring (bicyclic) bond motifs is 1. The van der Waals surface area contributed by atoms with Gasteiger partial charge in [0.05, 0.1) is 18.1 Å². The third-order valence-electron chi connectivity index (χ3n) is 8.32. The molecule has 2 amide bonds. The summed E-state index contributed by atoms with van der Waals surface area (Å²) >= 11 is 0. The number of hydrogen-bond acceptors (Lipinski definition) is 3. The number of hydrogen-bond donors (Lipinski definition) is 0. The largest absolute Gasteiger partial charge is 0.340 e. The summed E-state index contributed by atoms with van der Waals surface area (Å²) in [5.74, 6) is -1.50. The number of carbonyl (C=O) groups is 2. The number of rotatable bonds is 4. The first kappa shape index (κ1) is 21.1. The average Bonchev–Trinajstić information content (AvgIpc) is 3.33. The quantitative estimate of drug-likeness (QED) is 0.229. The minimum absolute atomic E-state index is 0.125. The summed E-state index contributed by atoms with van der Waals surface area (Å²) < 4.78 is 2.17. The van der Waals surface area contributed by atoms with Crippen LogP contribution in [0.2, 0.25) is 0 Å². The van der Waals surface area contributed by atoms with E-state index in [-0.39, 0.29) is 23.7 Å². The third-order valence-corrected chi connectivity index (χ3v) is 8.32. The zero-order valence-corrected chi connectivity index (χ0v) is 20.0. The van der Waals surface area contributed by atoms with E-state index in [1.165, 1.54) is 0 Å². The predicted octanol–water partition coefficient (Wildman–Crippen LogP) is 5.36. The van der Waals surface area contributed by atoms with Gasteiger partial charge in [0.1, 0.15) is 0 Å². The van der Waals surface area contributed by atoms with Crippen LogP contribution in [0, 0.1) is 18.8 Å². The second kappa shape index (κ2) is 7.62. The van der Waals surface area contributed by atoms with E-state index in [2.05, 4.69) is 46.6 Å². The Morgan fingerprint density at radius 2 is 1.31 bits per heavy atom. The average molecular weight is 472 g/mol. The van der Waals surface area contributed by atoms with Gasteiger partial charge in [-0.15, -0.1) is 6.58 Å². The number of aromatic nitrogens is 1. The number of imide groups is 1. The lowest BCUT2D eigenvalue weighted by Crippen LogP contribution is -2.41. The highest BCUT2D eigenvalue weighted by Gasteiger charge is 2.61. The zero-order chi connectivity index (χ0) is 24.6. The number of allylic oxidation sites excluding steroid dienone is 1. The first-order chi connectivity index (χ1) is 17.6. The van der Waals surface area contributed by atoms with E-state index in [1.807, 2.05) is 55.5 Å². The van der Waals surface area contributed by atoms with Gasteiger partial charge in [-0.25, -0.2) is 0 Å². The zero-order valence-electron chi connectivity index (χ0n) is 20.0. The molecule has 3 aromatic carbocycles. The fourth-order valence-electron chi connectivity index (χ4n) is 6.88. The van der Waals surface area contributed by atoms with Crippen molar-refractivity contribution in [2.24, 2.45) is 16.9 Å². The lowest BCUT2D eigenvalue weighted by Gasteiger charge is -2.45. The first-order valence-corrected chi connectivity index (χ1v) is 12.4. The fourth-order valence-corrected chi connectivity index (χ4v) is 6.88. The van der Waals surface area contributed by atoms with Crippen LogP contribution in [0.25, 0.3) is 10.9 Å². The van der Waals surface area contributed by atoms with E-state index in [0.29, 0.717) is 6.54 Å². The highest BCUT2D eigenvalue weighted by molar-refractivity contribution is 6.09. The van der Waals surface area contributed by atoms with Crippen molar-refractivity contribution in [3.8, 4) is 0 Å². The minimum atomic E-state index is -0.423. The molecule has 2 heterocycles. The topological polar surface area (TPSA) is 54.7 Å². The maximum absolute atomic E-state index is 13.8. The molecule has 0 unspecified atom stereocenters. The smallest absolute Gasteiger partial charge is 0.254 e. The fraction of sp³-hybridized carbons (Fsp3) is 0.194. The molecule has 4 aliphatic rings. The van der Waals surface area contributed by atoms with Gasteiger partial charge >= 0.3 is 0 Å². The van der Waals surface area contributed by atoms with Crippen molar-refractivity contribution in [2.75, 3.05) is 0 Å². The van der Waals surface area contributed by atoms with Gasteiger partial charge in [-0.05, 0) is 35.2 Å². The molecular weight excluding hydrogens is 446 g/mol. The Bertz CT molecular complexity index is 1510. The van der Waals surface area contributed by atoms with E-state index >= 15 is 0 Å². The second-order valence-corrected chi connectivity index (χ2v) is 9.91. The lowest BCUT2D eigenvalue weighted by molar-refractivity contribution is -0.139. The van der Waals surface area contributed by atoms with Crippen LogP contribution in [-0.2, 0) is 16.1 Å². The summed E-state index contributed by atoms with van der Waals surface area (Å²) in [6.07, 6.45) is 3.55. The summed E-state index contributed by atoms with van der Waals surface area (Å²) in [5.41, 5.74) is 7.67. The van der Waals surface area contributed by atoms with Crippen LogP contribution >= 0.6 is 0 Å². The molecule has 1 aliphatic heterocycles. The summed E-state index contributed by atoms with van der Waals surface area (Å²) in [7, 11) is 0. The molecule has 5 heteroatoms. The number of carbonyl (C=O) groups excluding carboxylic acids is 2. The van der Waals surface area contributed by atoms with Crippen LogP contribution in [0.4, 0.5) is 0 Å². The molecule has 1 aromatic heterocycles. The molecule has 2 bridgehead atoms. The monoisotopic (exact) mass is 471 g/mol. The van der Waals surface area contributed by atoms with Gasteiger partial charge in [0.2, 0.25) is 0 Å². The first-order valence-electron chi connectivity index (χ1n) is 12.4. The molecule has 0 N–H and O–H groups in total. The maximum Gasteiger partial charge on any atom is 0.254 e. The van der Waals surface area contributed by atoms with E-state index in [9.17, 15) is 9.59 Å². The minimum Gasteiger partial charge on any atom is -0.340 e. The van der Waals surface area contributed by atoms with Crippen LogP contribution in [0.3, 0.4) is 0 Å². The Morgan fingerprint density at radius 1 is 0.806 bits per heavy atom. The van der Waals surface area contributed by atoms with Gasteiger partial charge in [-0.3, -0.25) is 9.59 Å². The van der Waals surface area contributed by atoms with Crippen molar-refractivity contribution in [3.05, 3.63) is 119 Å². The van der Waals surface area contributed by atoms with Crippen molar-refractivity contribution >= 4 is 28.9 Å². The van der Waals surface area contributed by atoms with E-state index in [0.717, 1.165) is 49.4 Å². The van der Waals surface area contributed by atoms with Gasteiger partial charge in [0.25, 0.3) is 11.8 Å². The van der Waals surface area contributed by atoms with Gasteiger partial charge in [0.15, 0.2) is 0 Å². The van der Waals surface area contributed by atoms with Crippen LogP contribution in [0.5, 0.6) is 0 Å². The lowest BCUT2D eigenvalue weighted by atomic mass is 9.55. The molecule has 0 saturated carbocycles. The SMILES string of the molecule is C=CCn1c(C)c(/C=N\N2C(=O)[C@@H]3C4c5ccccc5C(c5ccccc54)[C@H]3C2=O)c2ccccc21. The Balaban J connectivity index is 1.33. The molecule has 1 fully saturated rings. The number of hydrazone groups is 1. The summed E-state index contributed by atoms with van der Waals surface area (Å²) in [5, 5.41) is 6.74. The number of nitrogens with zero attached hydrogens (tertiary/aromatic N) is 3. The van der Waals surface area contributed by atoms with E-state index < -0.39 is 11.8 Å². The van der Waals surface area contributed by atoms with Gasteiger partial charge in [-0.1, -0.05) is 72.8 Å². The molecular formula is C31H25N3O2. The van der Waals surface area contributed by atoms with Crippen LogP contribution in [0.15, 0.2) is 90.6 Å². The molecule has 3 aliphatic carbocycles. The molecule has 8 rings (SSSR count). The van der Waals surface area contributed by atoms with E-state index in [4.69, 9.17) is 0 Å². The number of benzene rings is 3. The van der Waals surface area contributed by atoms with Crippen LogP contribution in [0.1, 0.15) is 45.3 Å². The van der Waals surface area contributed by atoms with Gasteiger partial charge < -0.3 is 4.57 Å². The Morgan fingerprint density at radius 3 is 1.83 bits per heavy atom. The van der Waals surface area contributed by atoms with Crippen molar-refractivity contribution in [2.45, 2.75) is 25.3 Å². The highest BCUT2D eigenvalue weighted by atomic mass is 16.2. The van der Waals surface area contributed by atoms with Crippen molar-refractivity contribution in [1.29, 1.82) is 0 Å². The van der Waals surface area contributed by atoms with Crippen molar-refractivity contribution in [1.82, 2.24) is 9.58 Å². The maximum atomic E-state index is 13.8. The van der Waals surface area contributed by atoms with Gasteiger partial charge in [-0.2, -0.15) is 10.1 Å². The number of amides is 2. The summed E-state index contributed by atoms with van der Waals surface area (Å²) in [6, 6.07) is 24.6.